The van der Waals surface area contributed by atoms with Crippen LogP contribution in [0.3, 0.4) is 0 Å². The molecule has 0 aliphatic carbocycles. The van der Waals surface area contributed by atoms with Gasteiger partial charge in [0.05, 0.1) is 0 Å². The van der Waals surface area contributed by atoms with Gasteiger partial charge in [-0.25, -0.2) is 0 Å². The molecule has 0 amide bonds. The van der Waals surface area contributed by atoms with E-state index in [2.05, 4.69) is 32.9 Å². The molecule has 0 bridgehead atoms. The Hall–Kier alpha value is -1.85. The summed E-state index contributed by atoms with van der Waals surface area (Å²) in [6, 6.07) is 0. The molecule has 1 atom stereocenters. The molecular weight excluding hydrogens is 781 g/mol. The highest BCUT2D eigenvalue weighted by Gasteiger charge is 2.19. The average molecular weight is 889 g/mol. The van der Waals surface area contributed by atoms with E-state index in [-0.39, 0.29) is 31.1 Å². The lowest BCUT2D eigenvalue weighted by Crippen LogP contribution is -2.30. The number of esters is 3. The lowest BCUT2D eigenvalue weighted by Gasteiger charge is -2.18. The van der Waals surface area contributed by atoms with E-state index in [0.29, 0.717) is 19.3 Å². The summed E-state index contributed by atoms with van der Waals surface area (Å²) in [4.78, 5) is 37.8. The van der Waals surface area contributed by atoms with Crippen LogP contribution in [-0.4, -0.2) is 37.2 Å². The van der Waals surface area contributed by atoms with Gasteiger partial charge in [-0.2, -0.15) is 0 Å². The molecule has 0 aliphatic heterocycles. The van der Waals surface area contributed by atoms with Crippen molar-refractivity contribution >= 4 is 17.9 Å². The van der Waals surface area contributed by atoms with Gasteiger partial charge in [0.1, 0.15) is 13.2 Å². The maximum atomic E-state index is 12.8. The van der Waals surface area contributed by atoms with Gasteiger partial charge < -0.3 is 14.2 Å². The third-order valence-corrected chi connectivity index (χ3v) is 12.8. The summed E-state index contributed by atoms with van der Waals surface area (Å²) in [7, 11) is 0. The third-order valence-electron chi connectivity index (χ3n) is 12.8. The fourth-order valence-electron chi connectivity index (χ4n) is 8.50. The lowest BCUT2D eigenvalue weighted by molar-refractivity contribution is -0.167. The maximum absolute atomic E-state index is 12.8. The molecule has 0 radical (unpaired) electrons. The number of hydrogen-bond donors (Lipinski definition) is 0. The van der Waals surface area contributed by atoms with Gasteiger partial charge in [-0.3, -0.25) is 14.4 Å². The van der Waals surface area contributed by atoms with Crippen LogP contribution in [0.25, 0.3) is 0 Å². The van der Waals surface area contributed by atoms with Gasteiger partial charge in [0.15, 0.2) is 6.10 Å². The molecule has 0 fully saturated rings. The standard InChI is InChI=1S/C57H108O6/c1-4-7-10-13-16-18-20-22-24-25-26-27-28-29-30-31-32-33-35-36-38-41-44-47-50-56(59)62-53-54(52-61-55(58)49-46-43-40-15-12-9-6-3)63-57(60)51-48-45-42-39-37-34-23-21-19-17-14-11-8-5-2/h21,23,54H,4-20,22,24-53H2,1-3H3/b23-21-. The highest BCUT2D eigenvalue weighted by molar-refractivity contribution is 5.71. The van der Waals surface area contributed by atoms with Gasteiger partial charge in [0.25, 0.3) is 0 Å². The Bertz CT molecular complexity index is 978. The van der Waals surface area contributed by atoms with Crippen LogP contribution in [0.15, 0.2) is 12.2 Å². The molecule has 0 aromatic heterocycles. The quantitative estimate of drug-likeness (QED) is 0.0262. The predicted octanol–water partition coefficient (Wildman–Crippen LogP) is 18.5. The Morgan fingerprint density at radius 3 is 0.794 bits per heavy atom. The summed E-state index contributed by atoms with van der Waals surface area (Å²) in [5.74, 6) is -0.866. The molecular formula is C57H108O6. The summed E-state index contributed by atoms with van der Waals surface area (Å²) >= 11 is 0. The van der Waals surface area contributed by atoms with E-state index < -0.39 is 6.10 Å². The minimum Gasteiger partial charge on any atom is -0.462 e. The molecule has 6 heteroatoms. The number of ether oxygens (including phenoxy) is 3. The van der Waals surface area contributed by atoms with Crippen LogP contribution in [0.5, 0.6) is 0 Å². The second-order valence-corrected chi connectivity index (χ2v) is 19.2. The summed E-state index contributed by atoms with van der Waals surface area (Å²) in [5.41, 5.74) is 0. The van der Waals surface area contributed by atoms with Crippen LogP contribution in [0.1, 0.15) is 316 Å². The first-order valence-corrected chi connectivity index (χ1v) is 28.2. The Morgan fingerprint density at radius 1 is 0.302 bits per heavy atom. The van der Waals surface area contributed by atoms with Crippen molar-refractivity contribution in [2.45, 2.75) is 322 Å². The first-order valence-electron chi connectivity index (χ1n) is 28.2. The molecule has 0 aromatic carbocycles. The number of rotatable bonds is 52. The van der Waals surface area contributed by atoms with E-state index in [4.69, 9.17) is 14.2 Å². The van der Waals surface area contributed by atoms with Crippen molar-refractivity contribution in [3.63, 3.8) is 0 Å². The molecule has 1 unspecified atom stereocenters. The monoisotopic (exact) mass is 889 g/mol. The second kappa shape index (κ2) is 52.8. The number of allylic oxidation sites excluding steroid dienone is 2. The molecule has 0 N–H and O–H groups in total. The van der Waals surface area contributed by atoms with Crippen LogP contribution in [-0.2, 0) is 28.6 Å². The largest absolute Gasteiger partial charge is 0.462 e. The first-order chi connectivity index (χ1) is 31.0. The second-order valence-electron chi connectivity index (χ2n) is 19.2. The predicted molar refractivity (Wildman–Crippen MR) is 270 cm³/mol. The zero-order valence-corrected chi connectivity index (χ0v) is 42.6. The van der Waals surface area contributed by atoms with Gasteiger partial charge in [-0.15, -0.1) is 0 Å². The third kappa shape index (κ3) is 51.0. The SMILES string of the molecule is CCCCCCC/C=C\CCCCCCCC(=O)OC(COC(=O)CCCCCCCCC)COC(=O)CCCCCCCCCCCCCCCCCCCCCCCCCC. The number of carbonyl (C=O) groups is 3. The van der Waals surface area contributed by atoms with E-state index in [1.54, 1.807) is 0 Å². The highest BCUT2D eigenvalue weighted by atomic mass is 16.6. The molecule has 372 valence electrons. The van der Waals surface area contributed by atoms with E-state index in [1.807, 2.05) is 0 Å². The molecule has 0 aromatic rings. The van der Waals surface area contributed by atoms with Crippen molar-refractivity contribution in [3.8, 4) is 0 Å². The van der Waals surface area contributed by atoms with Crippen LogP contribution in [0.2, 0.25) is 0 Å². The molecule has 0 saturated carbocycles. The van der Waals surface area contributed by atoms with Crippen molar-refractivity contribution in [3.05, 3.63) is 12.2 Å². The maximum Gasteiger partial charge on any atom is 0.306 e. The van der Waals surface area contributed by atoms with Gasteiger partial charge in [0.2, 0.25) is 0 Å². The van der Waals surface area contributed by atoms with Crippen LogP contribution < -0.4 is 0 Å². The van der Waals surface area contributed by atoms with Crippen molar-refractivity contribution in [2.75, 3.05) is 13.2 Å². The molecule has 0 spiro atoms. The first kappa shape index (κ1) is 61.1. The Kier molecular flexibility index (Phi) is 51.2. The molecule has 0 aliphatic rings. The average Bonchev–Trinajstić information content (AvgIpc) is 3.28. The van der Waals surface area contributed by atoms with Gasteiger partial charge in [-0.1, -0.05) is 264 Å². The Balaban J connectivity index is 4.08. The summed E-state index contributed by atoms with van der Waals surface area (Å²) < 4.78 is 16.8. The zero-order chi connectivity index (χ0) is 45.8. The van der Waals surface area contributed by atoms with Crippen LogP contribution in [0, 0.1) is 0 Å². The van der Waals surface area contributed by atoms with Crippen molar-refractivity contribution in [1.82, 2.24) is 0 Å². The fourth-order valence-corrected chi connectivity index (χ4v) is 8.50. The summed E-state index contributed by atoms with van der Waals surface area (Å²) in [5, 5.41) is 0. The number of carbonyl (C=O) groups excluding carboxylic acids is 3. The fraction of sp³-hybridized carbons (Fsp3) is 0.912. The highest BCUT2D eigenvalue weighted by Crippen LogP contribution is 2.17. The molecule has 0 rings (SSSR count). The Morgan fingerprint density at radius 2 is 0.524 bits per heavy atom. The molecule has 0 saturated heterocycles. The number of hydrogen-bond acceptors (Lipinski definition) is 6. The molecule has 6 nitrogen and oxygen atoms in total. The number of unbranched alkanes of at least 4 members (excludes halogenated alkanes) is 39. The van der Waals surface area contributed by atoms with Gasteiger partial charge in [-0.05, 0) is 44.9 Å². The smallest absolute Gasteiger partial charge is 0.306 e. The minimum absolute atomic E-state index is 0.0685. The van der Waals surface area contributed by atoms with E-state index >= 15 is 0 Å². The lowest BCUT2D eigenvalue weighted by atomic mass is 10.0. The normalized spacial score (nSPS) is 12.0. The van der Waals surface area contributed by atoms with Crippen LogP contribution >= 0.6 is 0 Å². The van der Waals surface area contributed by atoms with Crippen LogP contribution in [0.4, 0.5) is 0 Å². The minimum atomic E-state index is -0.767. The van der Waals surface area contributed by atoms with Gasteiger partial charge >= 0.3 is 17.9 Å². The van der Waals surface area contributed by atoms with Gasteiger partial charge in [0, 0.05) is 19.3 Å². The van der Waals surface area contributed by atoms with Crippen molar-refractivity contribution < 1.29 is 28.6 Å². The van der Waals surface area contributed by atoms with E-state index in [1.165, 1.54) is 212 Å². The zero-order valence-electron chi connectivity index (χ0n) is 42.6. The van der Waals surface area contributed by atoms with E-state index in [9.17, 15) is 14.4 Å². The molecule has 63 heavy (non-hydrogen) atoms. The molecule has 0 heterocycles. The summed E-state index contributed by atoms with van der Waals surface area (Å²) in [6.45, 7) is 6.63. The van der Waals surface area contributed by atoms with Crippen molar-refractivity contribution in [2.24, 2.45) is 0 Å². The van der Waals surface area contributed by atoms with Crippen molar-refractivity contribution in [1.29, 1.82) is 0 Å². The Labute approximate surface area is 392 Å². The topological polar surface area (TPSA) is 78.9 Å². The van der Waals surface area contributed by atoms with E-state index in [0.717, 1.165) is 64.2 Å². The summed E-state index contributed by atoms with van der Waals surface area (Å²) in [6.07, 6.45) is 59.5.